The maximum absolute atomic E-state index is 13.8. The van der Waals surface area contributed by atoms with Crippen molar-refractivity contribution in [3.63, 3.8) is 0 Å². The SMILES string of the molecule is Cc1ccc(CN(C)C(=O)c2cccc(Br)c2F)o1. The van der Waals surface area contributed by atoms with Crippen LogP contribution < -0.4 is 0 Å². The molecule has 5 heteroatoms. The van der Waals surface area contributed by atoms with Crippen LogP contribution in [0.1, 0.15) is 21.9 Å². The van der Waals surface area contributed by atoms with E-state index in [0.29, 0.717) is 12.3 Å². The Kier molecular flexibility index (Phi) is 4.04. The largest absolute Gasteiger partial charge is 0.464 e. The molecular formula is C14H13BrFNO2. The molecule has 0 N–H and O–H groups in total. The Morgan fingerprint density at radius 2 is 2.11 bits per heavy atom. The average molecular weight is 326 g/mol. The molecular weight excluding hydrogens is 313 g/mol. The first kappa shape index (κ1) is 13.8. The number of furan rings is 1. The van der Waals surface area contributed by atoms with Crippen molar-refractivity contribution in [1.82, 2.24) is 4.90 Å². The van der Waals surface area contributed by atoms with Crippen LogP contribution in [0.25, 0.3) is 0 Å². The standard InChI is InChI=1S/C14H13BrFNO2/c1-9-6-7-10(19-9)8-17(2)14(18)11-4-3-5-12(15)13(11)16/h3-7H,8H2,1-2H3. The van der Waals surface area contributed by atoms with Crippen LogP contribution in [0.4, 0.5) is 4.39 Å². The Hall–Kier alpha value is -1.62. The van der Waals surface area contributed by atoms with Crippen molar-refractivity contribution in [2.24, 2.45) is 0 Å². The lowest BCUT2D eigenvalue weighted by atomic mass is 10.2. The number of carbonyl (C=O) groups excluding carboxylic acids is 1. The van der Waals surface area contributed by atoms with E-state index < -0.39 is 5.82 Å². The fraction of sp³-hybridized carbons (Fsp3) is 0.214. The molecule has 3 nitrogen and oxygen atoms in total. The number of aryl methyl sites for hydroxylation is 1. The van der Waals surface area contributed by atoms with E-state index in [-0.39, 0.29) is 15.9 Å². The number of carbonyl (C=O) groups is 1. The first-order valence-electron chi connectivity index (χ1n) is 5.74. The summed E-state index contributed by atoms with van der Waals surface area (Å²) >= 11 is 3.07. The molecule has 0 spiro atoms. The van der Waals surface area contributed by atoms with Crippen LogP contribution in [0.5, 0.6) is 0 Å². The first-order valence-corrected chi connectivity index (χ1v) is 6.53. The van der Waals surface area contributed by atoms with Crippen molar-refractivity contribution in [2.45, 2.75) is 13.5 Å². The Bertz CT molecular complexity index is 609. The van der Waals surface area contributed by atoms with Crippen LogP contribution in [0.15, 0.2) is 39.2 Å². The summed E-state index contributed by atoms with van der Waals surface area (Å²) in [6.45, 7) is 2.14. The molecule has 1 aromatic heterocycles. The number of halogens is 2. The maximum Gasteiger partial charge on any atom is 0.257 e. The normalized spacial score (nSPS) is 10.5. The van der Waals surface area contributed by atoms with E-state index in [9.17, 15) is 9.18 Å². The number of nitrogens with zero attached hydrogens (tertiary/aromatic N) is 1. The van der Waals surface area contributed by atoms with Gasteiger partial charge in [-0.1, -0.05) is 6.07 Å². The van der Waals surface area contributed by atoms with Gasteiger partial charge in [0.2, 0.25) is 0 Å². The van der Waals surface area contributed by atoms with Gasteiger partial charge in [0.25, 0.3) is 5.91 Å². The van der Waals surface area contributed by atoms with Gasteiger partial charge in [0.1, 0.15) is 17.3 Å². The summed E-state index contributed by atoms with van der Waals surface area (Å²) in [5, 5.41) is 0. The summed E-state index contributed by atoms with van der Waals surface area (Å²) < 4.78 is 19.5. The topological polar surface area (TPSA) is 33.5 Å². The molecule has 19 heavy (non-hydrogen) atoms. The van der Waals surface area contributed by atoms with Crippen molar-refractivity contribution in [3.05, 3.63) is 57.7 Å². The Morgan fingerprint density at radius 3 is 2.74 bits per heavy atom. The van der Waals surface area contributed by atoms with Crippen LogP contribution in [-0.2, 0) is 6.54 Å². The van der Waals surface area contributed by atoms with E-state index in [2.05, 4.69) is 15.9 Å². The quantitative estimate of drug-likeness (QED) is 0.860. The molecule has 100 valence electrons. The molecule has 0 bridgehead atoms. The zero-order valence-corrected chi connectivity index (χ0v) is 12.2. The monoisotopic (exact) mass is 325 g/mol. The van der Waals surface area contributed by atoms with Crippen LogP contribution in [0.3, 0.4) is 0 Å². The molecule has 2 rings (SSSR count). The van der Waals surface area contributed by atoms with E-state index in [0.717, 1.165) is 5.76 Å². The average Bonchev–Trinajstić information content (AvgIpc) is 2.77. The molecule has 0 unspecified atom stereocenters. The van der Waals surface area contributed by atoms with Crippen LogP contribution in [-0.4, -0.2) is 17.9 Å². The first-order chi connectivity index (χ1) is 8.99. The third-order valence-electron chi connectivity index (χ3n) is 2.72. The minimum Gasteiger partial charge on any atom is -0.464 e. The van der Waals surface area contributed by atoms with Gasteiger partial charge in [-0.25, -0.2) is 4.39 Å². The number of benzene rings is 1. The highest BCUT2D eigenvalue weighted by Crippen LogP contribution is 2.20. The van der Waals surface area contributed by atoms with Crippen molar-refractivity contribution in [1.29, 1.82) is 0 Å². The van der Waals surface area contributed by atoms with E-state index in [1.807, 2.05) is 13.0 Å². The van der Waals surface area contributed by atoms with E-state index in [4.69, 9.17) is 4.42 Å². The smallest absolute Gasteiger partial charge is 0.257 e. The van der Waals surface area contributed by atoms with Gasteiger partial charge in [0.15, 0.2) is 0 Å². The molecule has 0 aliphatic rings. The third kappa shape index (κ3) is 3.04. The van der Waals surface area contributed by atoms with Gasteiger partial charge < -0.3 is 9.32 Å². The number of amides is 1. The molecule has 1 amide bonds. The number of hydrogen-bond donors (Lipinski definition) is 0. The molecule has 0 aliphatic heterocycles. The highest BCUT2D eigenvalue weighted by Gasteiger charge is 2.18. The summed E-state index contributed by atoms with van der Waals surface area (Å²) in [5.74, 6) is 0.524. The zero-order chi connectivity index (χ0) is 14.0. The van der Waals surface area contributed by atoms with Crippen molar-refractivity contribution < 1.29 is 13.6 Å². The maximum atomic E-state index is 13.8. The van der Waals surface area contributed by atoms with Crippen LogP contribution in [0.2, 0.25) is 0 Å². The van der Waals surface area contributed by atoms with Gasteiger partial charge in [-0.2, -0.15) is 0 Å². The van der Waals surface area contributed by atoms with Crippen molar-refractivity contribution >= 4 is 21.8 Å². The minimum absolute atomic E-state index is 0.0418. The fourth-order valence-corrected chi connectivity index (χ4v) is 2.12. The van der Waals surface area contributed by atoms with Gasteiger partial charge in [-0.05, 0) is 47.1 Å². The Balaban J connectivity index is 2.17. The van der Waals surface area contributed by atoms with Gasteiger partial charge in [-0.15, -0.1) is 0 Å². The number of rotatable bonds is 3. The molecule has 0 saturated carbocycles. The molecule has 0 aliphatic carbocycles. The zero-order valence-electron chi connectivity index (χ0n) is 10.6. The lowest BCUT2D eigenvalue weighted by Crippen LogP contribution is -2.26. The van der Waals surface area contributed by atoms with Gasteiger partial charge in [-0.3, -0.25) is 4.79 Å². The predicted octanol–water partition coefficient (Wildman–Crippen LogP) is 3.76. The predicted molar refractivity (Wildman–Crippen MR) is 73.3 cm³/mol. The second-order valence-corrected chi connectivity index (χ2v) is 5.13. The summed E-state index contributed by atoms with van der Waals surface area (Å²) in [7, 11) is 1.61. The highest BCUT2D eigenvalue weighted by molar-refractivity contribution is 9.10. The minimum atomic E-state index is -0.546. The van der Waals surface area contributed by atoms with Gasteiger partial charge in [0, 0.05) is 7.05 Å². The molecule has 0 fully saturated rings. The molecule has 0 saturated heterocycles. The van der Waals surface area contributed by atoms with Crippen LogP contribution >= 0.6 is 15.9 Å². The molecule has 1 heterocycles. The van der Waals surface area contributed by atoms with Crippen molar-refractivity contribution in [3.8, 4) is 0 Å². The lowest BCUT2D eigenvalue weighted by Gasteiger charge is -2.16. The summed E-state index contributed by atoms with van der Waals surface area (Å²) in [6.07, 6.45) is 0. The summed E-state index contributed by atoms with van der Waals surface area (Å²) in [6, 6.07) is 8.28. The second kappa shape index (κ2) is 5.57. The summed E-state index contributed by atoms with van der Waals surface area (Å²) in [5.41, 5.74) is 0.0418. The van der Waals surface area contributed by atoms with Crippen molar-refractivity contribution in [2.75, 3.05) is 7.05 Å². The Labute approximate surface area is 119 Å². The third-order valence-corrected chi connectivity index (χ3v) is 3.33. The van der Waals surface area contributed by atoms with E-state index >= 15 is 0 Å². The molecule has 0 radical (unpaired) electrons. The van der Waals surface area contributed by atoms with Crippen LogP contribution in [0, 0.1) is 12.7 Å². The fourth-order valence-electron chi connectivity index (χ4n) is 1.75. The Morgan fingerprint density at radius 1 is 1.37 bits per heavy atom. The van der Waals surface area contributed by atoms with E-state index in [1.54, 1.807) is 25.2 Å². The number of hydrogen-bond acceptors (Lipinski definition) is 2. The molecule has 0 atom stereocenters. The van der Waals surface area contributed by atoms with Gasteiger partial charge >= 0.3 is 0 Å². The molecule has 2 aromatic rings. The van der Waals surface area contributed by atoms with Gasteiger partial charge in [0.05, 0.1) is 16.6 Å². The van der Waals surface area contributed by atoms with E-state index in [1.165, 1.54) is 11.0 Å². The second-order valence-electron chi connectivity index (χ2n) is 4.27. The molecule has 1 aromatic carbocycles. The summed E-state index contributed by atoms with van der Waals surface area (Å²) in [4.78, 5) is 13.6. The lowest BCUT2D eigenvalue weighted by molar-refractivity contribution is 0.0770. The highest BCUT2D eigenvalue weighted by atomic mass is 79.9.